The number of anilines is 1. The van der Waals surface area contributed by atoms with E-state index in [0.717, 1.165) is 0 Å². The number of hydrogen-bond donors (Lipinski definition) is 3. The van der Waals surface area contributed by atoms with Crippen molar-refractivity contribution in [2.24, 2.45) is 17.4 Å². The Hall–Kier alpha value is -1.88. The number of carbonyl (C=O) groups is 2. The molecule has 18 heavy (non-hydrogen) atoms. The quantitative estimate of drug-likeness (QED) is 0.714. The number of hydrogen-bond acceptors (Lipinski definition) is 3. The van der Waals surface area contributed by atoms with E-state index in [0.29, 0.717) is 11.3 Å². The lowest BCUT2D eigenvalue weighted by Gasteiger charge is -2.16. The van der Waals surface area contributed by atoms with Crippen molar-refractivity contribution in [1.82, 2.24) is 0 Å². The molecule has 5 nitrogen and oxygen atoms in total. The van der Waals surface area contributed by atoms with Crippen molar-refractivity contribution in [3.63, 3.8) is 0 Å². The van der Waals surface area contributed by atoms with E-state index < -0.39 is 5.91 Å². The van der Waals surface area contributed by atoms with Gasteiger partial charge in [0.15, 0.2) is 0 Å². The van der Waals surface area contributed by atoms with Gasteiger partial charge in [-0.05, 0) is 18.6 Å². The van der Waals surface area contributed by atoms with Gasteiger partial charge in [0, 0.05) is 11.7 Å². The third-order valence-corrected chi connectivity index (χ3v) is 2.84. The van der Waals surface area contributed by atoms with Gasteiger partial charge < -0.3 is 16.8 Å². The third-order valence-electron chi connectivity index (χ3n) is 2.84. The maximum Gasteiger partial charge on any atom is 0.228 e. The summed E-state index contributed by atoms with van der Waals surface area (Å²) < 4.78 is 0. The Kier molecular flexibility index (Phi) is 4.85. The molecular formula is C13H19N3O2. The zero-order valence-electron chi connectivity index (χ0n) is 10.6. The molecule has 0 aromatic heterocycles. The Morgan fingerprint density at radius 2 is 1.89 bits per heavy atom. The third kappa shape index (κ3) is 3.85. The summed E-state index contributed by atoms with van der Waals surface area (Å²) >= 11 is 0. The van der Waals surface area contributed by atoms with Gasteiger partial charge in [-0.1, -0.05) is 25.1 Å². The fourth-order valence-corrected chi connectivity index (χ4v) is 1.47. The molecular weight excluding hydrogens is 230 g/mol. The summed E-state index contributed by atoms with van der Waals surface area (Å²) in [6, 6.07) is 6.86. The first-order chi connectivity index (χ1) is 8.41. The van der Waals surface area contributed by atoms with Crippen molar-refractivity contribution >= 4 is 17.5 Å². The molecule has 1 rings (SSSR count). The Bertz CT molecular complexity index is 444. The van der Waals surface area contributed by atoms with Crippen LogP contribution in [0.4, 0.5) is 5.69 Å². The number of nitrogens with one attached hydrogen (secondary N) is 1. The van der Waals surface area contributed by atoms with Crippen molar-refractivity contribution in [2.45, 2.75) is 26.3 Å². The van der Waals surface area contributed by atoms with E-state index in [-0.39, 0.29) is 24.3 Å². The first-order valence-corrected chi connectivity index (χ1v) is 5.84. The monoisotopic (exact) mass is 249 g/mol. The average Bonchev–Trinajstić information content (AvgIpc) is 2.29. The Labute approximate surface area is 107 Å². The number of rotatable bonds is 5. The lowest BCUT2D eigenvalue weighted by atomic mass is 10.0. The molecule has 0 aliphatic heterocycles. The van der Waals surface area contributed by atoms with E-state index in [9.17, 15) is 9.59 Å². The van der Waals surface area contributed by atoms with Gasteiger partial charge in [-0.25, -0.2) is 0 Å². The van der Waals surface area contributed by atoms with Crippen LogP contribution in [0.15, 0.2) is 24.3 Å². The maximum atomic E-state index is 11.9. The highest BCUT2D eigenvalue weighted by atomic mass is 16.2. The van der Waals surface area contributed by atoms with Crippen LogP contribution in [0.5, 0.6) is 0 Å². The summed E-state index contributed by atoms with van der Waals surface area (Å²) in [5, 5.41) is 2.77. The van der Waals surface area contributed by atoms with Gasteiger partial charge >= 0.3 is 0 Å². The molecule has 2 atom stereocenters. The fourth-order valence-electron chi connectivity index (χ4n) is 1.47. The lowest BCUT2D eigenvalue weighted by Crippen LogP contribution is -2.34. The van der Waals surface area contributed by atoms with E-state index >= 15 is 0 Å². The minimum atomic E-state index is -0.433. The van der Waals surface area contributed by atoms with Gasteiger partial charge in [0.2, 0.25) is 11.8 Å². The van der Waals surface area contributed by atoms with Crippen LogP contribution >= 0.6 is 0 Å². The number of nitrogens with two attached hydrogens (primary N) is 2. The Balaban J connectivity index is 2.84. The van der Waals surface area contributed by atoms with Crippen LogP contribution in [-0.4, -0.2) is 17.9 Å². The van der Waals surface area contributed by atoms with Crippen molar-refractivity contribution < 1.29 is 9.59 Å². The Morgan fingerprint density at radius 3 is 2.44 bits per heavy atom. The molecule has 98 valence electrons. The summed E-state index contributed by atoms with van der Waals surface area (Å²) in [6.45, 7) is 3.54. The zero-order valence-corrected chi connectivity index (χ0v) is 10.6. The largest absolute Gasteiger partial charge is 0.369 e. The van der Waals surface area contributed by atoms with E-state index in [1.54, 1.807) is 38.1 Å². The smallest absolute Gasteiger partial charge is 0.228 e. The molecule has 1 aromatic rings. The van der Waals surface area contributed by atoms with Crippen molar-refractivity contribution in [3.8, 4) is 0 Å². The normalized spacial score (nSPS) is 13.7. The highest BCUT2D eigenvalue weighted by molar-refractivity contribution is 5.94. The van der Waals surface area contributed by atoms with Gasteiger partial charge in [-0.2, -0.15) is 0 Å². The van der Waals surface area contributed by atoms with E-state index in [2.05, 4.69) is 5.32 Å². The Morgan fingerprint density at radius 1 is 1.28 bits per heavy atom. The SMILES string of the molecule is CC(N)C(C)C(=O)Nc1ccccc1CC(N)=O. The number of amides is 2. The second-order valence-electron chi connectivity index (χ2n) is 4.44. The number of para-hydroxylation sites is 1. The van der Waals surface area contributed by atoms with Crippen LogP contribution in [0.2, 0.25) is 0 Å². The number of primary amides is 1. The lowest BCUT2D eigenvalue weighted by molar-refractivity contribution is -0.120. The number of carbonyl (C=O) groups excluding carboxylic acids is 2. The standard InChI is InChI=1S/C13H19N3O2/c1-8(9(2)14)13(18)16-11-6-4-3-5-10(11)7-12(15)17/h3-6,8-9H,7,14H2,1-2H3,(H2,15,17)(H,16,18). The van der Waals surface area contributed by atoms with Crippen molar-refractivity contribution in [3.05, 3.63) is 29.8 Å². The summed E-state index contributed by atoms with van der Waals surface area (Å²) in [6.07, 6.45) is 0.100. The van der Waals surface area contributed by atoms with Crippen LogP contribution in [0.25, 0.3) is 0 Å². The molecule has 2 unspecified atom stereocenters. The second-order valence-corrected chi connectivity index (χ2v) is 4.44. The van der Waals surface area contributed by atoms with Gasteiger partial charge in [0.05, 0.1) is 12.3 Å². The molecule has 0 heterocycles. The van der Waals surface area contributed by atoms with Crippen LogP contribution < -0.4 is 16.8 Å². The van der Waals surface area contributed by atoms with Gasteiger partial charge in [-0.15, -0.1) is 0 Å². The zero-order chi connectivity index (χ0) is 13.7. The molecule has 2 amide bonds. The van der Waals surface area contributed by atoms with E-state index in [1.807, 2.05) is 0 Å². The average molecular weight is 249 g/mol. The number of benzene rings is 1. The minimum absolute atomic E-state index is 0.100. The maximum absolute atomic E-state index is 11.9. The molecule has 0 saturated heterocycles. The molecule has 1 aromatic carbocycles. The first-order valence-electron chi connectivity index (χ1n) is 5.84. The molecule has 0 bridgehead atoms. The molecule has 0 saturated carbocycles. The molecule has 0 aliphatic rings. The molecule has 5 heteroatoms. The van der Waals surface area contributed by atoms with Gasteiger partial charge in [0.1, 0.15) is 0 Å². The molecule has 0 spiro atoms. The predicted octanol–water partition coefficient (Wildman–Crippen LogP) is 0.636. The summed E-state index contributed by atoms with van der Waals surface area (Å²) in [5.74, 6) is -0.898. The molecule has 0 aliphatic carbocycles. The van der Waals surface area contributed by atoms with Crippen LogP contribution in [-0.2, 0) is 16.0 Å². The predicted molar refractivity (Wildman–Crippen MR) is 70.8 cm³/mol. The second kappa shape index (κ2) is 6.16. The molecule has 5 N–H and O–H groups in total. The minimum Gasteiger partial charge on any atom is -0.369 e. The highest BCUT2D eigenvalue weighted by Crippen LogP contribution is 2.17. The summed E-state index contributed by atoms with van der Waals surface area (Å²) in [5.41, 5.74) is 12.1. The van der Waals surface area contributed by atoms with E-state index in [1.165, 1.54) is 0 Å². The van der Waals surface area contributed by atoms with Crippen molar-refractivity contribution in [1.29, 1.82) is 0 Å². The highest BCUT2D eigenvalue weighted by Gasteiger charge is 2.18. The van der Waals surface area contributed by atoms with Gasteiger partial charge in [0.25, 0.3) is 0 Å². The van der Waals surface area contributed by atoms with Crippen LogP contribution in [0.3, 0.4) is 0 Å². The topological polar surface area (TPSA) is 98.2 Å². The van der Waals surface area contributed by atoms with Crippen molar-refractivity contribution in [2.75, 3.05) is 5.32 Å². The van der Waals surface area contributed by atoms with Gasteiger partial charge in [-0.3, -0.25) is 9.59 Å². The van der Waals surface area contributed by atoms with Crippen LogP contribution in [0, 0.1) is 5.92 Å². The summed E-state index contributed by atoms with van der Waals surface area (Å²) in [4.78, 5) is 22.8. The first kappa shape index (κ1) is 14.2. The van der Waals surface area contributed by atoms with E-state index in [4.69, 9.17) is 11.5 Å². The van der Waals surface area contributed by atoms with Crippen LogP contribution in [0.1, 0.15) is 19.4 Å². The molecule has 0 fully saturated rings. The summed E-state index contributed by atoms with van der Waals surface area (Å²) in [7, 11) is 0. The fraction of sp³-hybridized carbons (Fsp3) is 0.385. The molecule has 0 radical (unpaired) electrons.